The molecule has 3 atom stereocenters. The highest BCUT2D eigenvalue weighted by molar-refractivity contribution is 7.45. The Hall–Kier alpha value is -1.28. The first-order valence-corrected chi connectivity index (χ1v) is 23.8. The van der Waals surface area contributed by atoms with Crippen molar-refractivity contribution in [1.29, 1.82) is 0 Å². The number of carbonyl (C=O) groups excluding carboxylic acids is 1. The zero-order chi connectivity index (χ0) is 40.0. The molecular formula is C45H87N2O6P. The zero-order valence-electron chi connectivity index (χ0n) is 35.9. The molecule has 0 aromatic rings. The topological polar surface area (TPSA) is 108 Å². The van der Waals surface area contributed by atoms with Crippen molar-refractivity contribution in [2.24, 2.45) is 0 Å². The zero-order valence-corrected chi connectivity index (χ0v) is 36.8. The Balaban J connectivity index is 4.44. The molecule has 8 nitrogen and oxygen atoms in total. The summed E-state index contributed by atoms with van der Waals surface area (Å²) in [5.41, 5.74) is 0. The van der Waals surface area contributed by atoms with Gasteiger partial charge in [-0.3, -0.25) is 9.36 Å². The lowest BCUT2D eigenvalue weighted by Crippen LogP contribution is -2.45. The van der Waals surface area contributed by atoms with Gasteiger partial charge in [0.25, 0.3) is 7.82 Å². The number of quaternary nitrogens is 1. The number of allylic oxidation sites excluding steroid dienone is 5. The molecule has 9 heteroatoms. The number of rotatable bonds is 40. The molecule has 0 aliphatic rings. The van der Waals surface area contributed by atoms with Crippen molar-refractivity contribution < 1.29 is 32.9 Å². The molecular weight excluding hydrogens is 695 g/mol. The monoisotopic (exact) mass is 783 g/mol. The second-order valence-corrected chi connectivity index (χ2v) is 17.8. The Labute approximate surface area is 334 Å². The SMILES string of the molecule is CCCC/C=C\C/C=C\CCCCCCCC(=O)NC(COP(=O)([O-])OCC[N+](C)(C)C)C(O)/C=C/CCCCCCCCCCCCCCCCCC. The predicted molar refractivity (Wildman–Crippen MR) is 228 cm³/mol. The van der Waals surface area contributed by atoms with Crippen LogP contribution in [0, 0.1) is 0 Å². The number of nitrogens with zero attached hydrogens (tertiary/aromatic N) is 1. The Morgan fingerprint density at radius 3 is 1.59 bits per heavy atom. The summed E-state index contributed by atoms with van der Waals surface area (Å²) in [7, 11) is 1.25. The molecule has 0 aliphatic heterocycles. The molecule has 0 aliphatic carbocycles. The van der Waals surface area contributed by atoms with E-state index in [-0.39, 0.29) is 19.1 Å². The van der Waals surface area contributed by atoms with Gasteiger partial charge in [0, 0.05) is 6.42 Å². The highest BCUT2D eigenvalue weighted by Crippen LogP contribution is 2.38. The number of phosphoric acid groups is 1. The van der Waals surface area contributed by atoms with Gasteiger partial charge in [-0.2, -0.15) is 0 Å². The van der Waals surface area contributed by atoms with Crippen LogP contribution in [-0.4, -0.2) is 68.5 Å². The molecule has 0 rings (SSSR count). The molecule has 0 fully saturated rings. The van der Waals surface area contributed by atoms with E-state index in [2.05, 4.69) is 43.5 Å². The number of amides is 1. The number of hydrogen-bond donors (Lipinski definition) is 2. The lowest BCUT2D eigenvalue weighted by Gasteiger charge is -2.29. The van der Waals surface area contributed by atoms with Crippen LogP contribution in [0.2, 0.25) is 0 Å². The van der Waals surface area contributed by atoms with Gasteiger partial charge in [-0.1, -0.05) is 179 Å². The van der Waals surface area contributed by atoms with E-state index in [1.54, 1.807) is 6.08 Å². The maximum atomic E-state index is 12.8. The second-order valence-electron chi connectivity index (χ2n) is 16.4. The van der Waals surface area contributed by atoms with Gasteiger partial charge in [-0.25, -0.2) is 0 Å². The fraction of sp³-hybridized carbons (Fsp3) is 0.844. The molecule has 2 N–H and O–H groups in total. The Kier molecular flexibility index (Phi) is 36.4. The Morgan fingerprint density at radius 1 is 0.648 bits per heavy atom. The van der Waals surface area contributed by atoms with Gasteiger partial charge in [-0.15, -0.1) is 0 Å². The lowest BCUT2D eigenvalue weighted by molar-refractivity contribution is -0.870. The van der Waals surface area contributed by atoms with Crippen LogP contribution in [0.4, 0.5) is 0 Å². The molecule has 0 saturated carbocycles. The predicted octanol–water partition coefficient (Wildman–Crippen LogP) is 11.7. The highest BCUT2D eigenvalue weighted by atomic mass is 31.2. The molecule has 0 aromatic carbocycles. The van der Waals surface area contributed by atoms with E-state index in [4.69, 9.17) is 9.05 Å². The molecule has 318 valence electrons. The summed E-state index contributed by atoms with van der Waals surface area (Å²) in [5.74, 6) is -0.213. The molecule has 54 heavy (non-hydrogen) atoms. The first-order chi connectivity index (χ1) is 26.0. The number of likely N-dealkylation sites (N-methyl/N-ethyl adjacent to an activating group) is 1. The minimum Gasteiger partial charge on any atom is -0.756 e. The number of nitrogens with one attached hydrogen (secondary N) is 1. The summed E-state index contributed by atoms with van der Waals surface area (Å²) in [6.07, 6.45) is 44.7. The second kappa shape index (κ2) is 37.3. The third-order valence-electron chi connectivity index (χ3n) is 9.84. The van der Waals surface area contributed by atoms with E-state index in [1.165, 1.54) is 109 Å². The molecule has 0 heterocycles. The lowest BCUT2D eigenvalue weighted by atomic mass is 10.0. The van der Waals surface area contributed by atoms with Crippen LogP contribution in [0.5, 0.6) is 0 Å². The third kappa shape index (κ3) is 39.0. The number of hydrogen-bond acceptors (Lipinski definition) is 6. The van der Waals surface area contributed by atoms with E-state index < -0.39 is 20.0 Å². The fourth-order valence-electron chi connectivity index (χ4n) is 6.23. The summed E-state index contributed by atoms with van der Waals surface area (Å²) in [6, 6.07) is -0.892. The summed E-state index contributed by atoms with van der Waals surface area (Å²) in [5, 5.41) is 13.8. The van der Waals surface area contributed by atoms with Gasteiger partial charge in [0.2, 0.25) is 5.91 Å². The number of phosphoric ester groups is 1. The minimum absolute atomic E-state index is 0.00414. The smallest absolute Gasteiger partial charge is 0.268 e. The van der Waals surface area contributed by atoms with E-state index in [0.29, 0.717) is 17.4 Å². The number of unbranched alkanes of at least 4 members (excludes halogenated alkanes) is 23. The third-order valence-corrected chi connectivity index (χ3v) is 10.8. The summed E-state index contributed by atoms with van der Waals surface area (Å²) in [6.45, 7) is 4.59. The maximum Gasteiger partial charge on any atom is 0.268 e. The normalized spacial score (nSPS) is 14.7. The summed E-state index contributed by atoms with van der Waals surface area (Å²) < 4.78 is 23.2. The average Bonchev–Trinajstić information content (AvgIpc) is 3.12. The largest absolute Gasteiger partial charge is 0.756 e. The summed E-state index contributed by atoms with van der Waals surface area (Å²) in [4.78, 5) is 25.3. The van der Waals surface area contributed by atoms with E-state index in [0.717, 1.165) is 64.2 Å². The maximum absolute atomic E-state index is 12.8. The first kappa shape index (κ1) is 52.7. The van der Waals surface area contributed by atoms with E-state index in [1.807, 2.05) is 27.2 Å². The molecule has 0 saturated heterocycles. The molecule has 1 amide bonds. The van der Waals surface area contributed by atoms with E-state index >= 15 is 0 Å². The molecule has 0 radical (unpaired) electrons. The van der Waals surface area contributed by atoms with Crippen LogP contribution >= 0.6 is 7.82 Å². The average molecular weight is 783 g/mol. The standard InChI is InChI=1S/C45H87N2O6P/c1-6-8-10-12-14-16-18-20-22-23-24-25-26-28-30-32-34-36-38-44(48)43(42-53-54(50,51)52-41-40-47(3,4)5)46-45(49)39-37-35-33-31-29-27-21-19-17-15-13-11-9-7-2/h13,15,19,21,36,38,43-44,48H,6-12,14,16-18,20,22-35,37,39-42H2,1-5H3,(H-,46,49,50,51)/b15-13-,21-19-,38-36+. The molecule has 0 bridgehead atoms. The Bertz CT molecular complexity index is 980. The van der Waals surface area contributed by atoms with Gasteiger partial charge >= 0.3 is 0 Å². The molecule has 0 spiro atoms. The van der Waals surface area contributed by atoms with Crippen LogP contribution < -0.4 is 10.2 Å². The molecule has 3 unspecified atom stereocenters. The van der Waals surface area contributed by atoms with Crippen molar-refractivity contribution in [3.05, 3.63) is 36.5 Å². The quantitative estimate of drug-likeness (QED) is 0.0277. The van der Waals surface area contributed by atoms with Crippen LogP contribution in [-0.2, 0) is 18.4 Å². The summed E-state index contributed by atoms with van der Waals surface area (Å²) >= 11 is 0. The van der Waals surface area contributed by atoms with Crippen molar-refractivity contribution >= 4 is 13.7 Å². The van der Waals surface area contributed by atoms with Crippen LogP contribution in [0.1, 0.15) is 194 Å². The van der Waals surface area contributed by atoms with Crippen LogP contribution in [0.3, 0.4) is 0 Å². The van der Waals surface area contributed by atoms with Gasteiger partial charge in [0.1, 0.15) is 13.2 Å². The van der Waals surface area contributed by atoms with Gasteiger partial charge < -0.3 is 28.8 Å². The van der Waals surface area contributed by atoms with Gasteiger partial charge in [-0.05, 0) is 44.9 Å². The van der Waals surface area contributed by atoms with Crippen molar-refractivity contribution in [3.8, 4) is 0 Å². The van der Waals surface area contributed by atoms with E-state index in [9.17, 15) is 19.4 Å². The highest BCUT2D eigenvalue weighted by Gasteiger charge is 2.23. The van der Waals surface area contributed by atoms with Crippen molar-refractivity contribution in [1.82, 2.24) is 5.32 Å². The van der Waals surface area contributed by atoms with Crippen molar-refractivity contribution in [2.75, 3.05) is 40.9 Å². The number of carbonyl (C=O) groups is 1. The van der Waals surface area contributed by atoms with Gasteiger partial charge in [0.05, 0.1) is 39.9 Å². The molecule has 0 aromatic heterocycles. The van der Waals surface area contributed by atoms with Crippen LogP contribution in [0.15, 0.2) is 36.5 Å². The van der Waals surface area contributed by atoms with Crippen molar-refractivity contribution in [2.45, 2.75) is 206 Å². The fourth-order valence-corrected chi connectivity index (χ4v) is 6.95. The number of aliphatic hydroxyl groups excluding tert-OH is 1. The van der Waals surface area contributed by atoms with Gasteiger partial charge in [0.15, 0.2) is 0 Å². The Morgan fingerprint density at radius 2 is 1.09 bits per heavy atom. The van der Waals surface area contributed by atoms with Crippen molar-refractivity contribution in [3.63, 3.8) is 0 Å². The first-order valence-electron chi connectivity index (χ1n) is 22.4. The number of aliphatic hydroxyl groups is 1. The van der Waals surface area contributed by atoms with Crippen LogP contribution in [0.25, 0.3) is 0 Å². The minimum atomic E-state index is -4.59.